The average Bonchev–Trinajstić information content (AvgIpc) is 2.83. The summed E-state index contributed by atoms with van der Waals surface area (Å²) in [6, 6.07) is 28.5. The molecule has 1 heterocycles. The Morgan fingerprint density at radius 3 is 2.25 bits per heavy atom. The maximum atomic E-state index is 13.2. The Kier molecular flexibility index (Phi) is 6.87. The molecule has 3 nitrogen and oxygen atoms in total. The second-order valence-corrected chi connectivity index (χ2v) is 8.75. The molecule has 3 aromatic rings. The van der Waals surface area contributed by atoms with E-state index in [0.29, 0.717) is 25.9 Å². The molecule has 0 aromatic heterocycles. The third-order valence-electron chi connectivity index (χ3n) is 6.42. The van der Waals surface area contributed by atoms with E-state index in [-0.39, 0.29) is 5.91 Å². The first-order valence-electron chi connectivity index (χ1n) is 11.4. The summed E-state index contributed by atoms with van der Waals surface area (Å²) in [6.45, 7) is 3.22. The van der Waals surface area contributed by atoms with Crippen LogP contribution >= 0.6 is 0 Å². The Hall–Kier alpha value is -3.17. The molecular weight excluding hydrogens is 394 g/mol. The van der Waals surface area contributed by atoms with E-state index in [1.165, 1.54) is 11.1 Å². The van der Waals surface area contributed by atoms with Crippen LogP contribution in [0, 0.1) is 6.92 Å². The van der Waals surface area contributed by atoms with Crippen molar-refractivity contribution in [2.45, 2.75) is 38.2 Å². The van der Waals surface area contributed by atoms with Gasteiger partial charge in [-0.1, -0.05) is 90.5 Å². The van der Waals surface area contributed by atoms with Crippen LogP contribution in [0.15, 0.2) is 91.0 Å². The smallest absolute Gasteiger partial charge is 0.246 e. The Morgan fingerprint density at radius 2 is 1.59 bits per heavy atom. The number of nitrogens with zero attached hydrogens (tertiary/aromatic N) is 1. The number of carbonyl (C=O) groups is 1. The standard InChI is InChI=1S/C29H31NO2/c1-23-9-8-10-24(21-23)15-16-26(25-11-4-2-5-12-25)22-28(31)30-19-17-29(32,18-20-30)27-13-6-3-7-14-27/h2-14,21-22,32H,15-20H2,1H3/b26-22-. The maximum Gasteiger partial charge on any atom is 0.246 e. The molecule has 4 rings (SSSR count). The monoisotopic (exact) mass is 425 g/mol. The molecule has 0 aliphatic carbocycles. The summed E-state index contributed by atoms with van der Waals surface area (Å²) in [7, 11) is 0. The van der Waals surface area contributed by atoms with E-state index in [0.717, 1.165) is 29.5 Å². The van der Waals surface area contributed by atoms with Gasteiger partial charge in [0.25, 0.3) is 0 Å². The number of hydrogen-bond acceptors (Lipinski definition) is 2. The first-order chi connectivity index (χ1) is 15.5. The van der Waals surface area contributed by atoms with Crippen molar-refractivity contribution in [3.05, 3.63) is 113 Å². The summed E-state index contributed by atoms with van der Waals surface area (Å²) in [5.74, 6) is 0.0307. The van der Waals surface area contributed by atoms with Crippen molar-refractivity contribution in [1.82, 2.24) is 4.90 Å². The van der Waals surface area contributed by atoms with Gasteiger partial charge in [-0.15, -0.1) is 0 Å². The van der Waals surface area contributed by atoms with E-state index in [4.69, 9.17) is 0 Å². The van der Waals surface area contributed by atoms with Gasteiger partial charge in [-0.2, -0.15) is 0 Å². The molecule has 1 aliphatic heterocycles. The van der Waals surface area contributed by atoms with Crippen LogP contribution in [0.25, 0.3) is 5.57 Å². The van der Waals surface area contributed by atoms with E-state index < -0.39 is 5.60 Å². The zero-order chi connectivity index (χ0) is 22.4. The second kappa shape index (κ2) is 9.97. The number of aryl methyl sites for hydroxylation is 2. The summed E-state index contributed by atoms with van der Waals surface area (Å²) in [5.41, 5.74) is 4.76. The lowest BCUT2D eigenvalue weighted by Crippen LogP contribution is -2.44. The van der Waals surface area contributed by atoms with Crippen LogP contribution in [0.5, 0.6) is 0 Å². The molecule has 32 heavy (non-hydrogen) atoms. The summed E-state index contributed by atoms with van der Waals surface area (Å²) in [5, 5.41) is 11.1. The zero-order valence-electron chi connectivity index (χ0n) is 18.7. The molecule has 164 valence electrons. The highest BCUT2D eigenvalue weighted by Crippen LogP contribution is 2.33. The molecule has 1 N–H and O–H groups in total. The normalized spacial score (nSPS) is 16.1. The first kappa shape index (κ1) is 22.0. The SMILES string of the molecule is Cc1cccc(CC/C(=C/C(=O)N2CCC(O)(c3ccccc3)CC2)c2ccccc2)c1. The topological polar surface area (TPSA) is 40.5 Å². The number of aliphatic hydroxyl groups is 1. The van der Waals surface area contributed by atoms with Crippen molar-refractivity contribution in [3.63, 3.8) is 0 Å². The van der Waals surface area contributed by atoms with Gasteiger partial charge in [0.1, 0.15) is 0 Å². The minimum Gasteiger partial charge on any atom is -0.385 e. The number of rotatable bonds is 6. The fourth-order valence-corrected chi connectivity index (χ4v) is 4.47. The molecule has 3 aromatic carbocycles. The van der Waals surface area contributed by atoms with Gasteiger partial charge in [-0.05, 0) is 54.9 Å². The molecule has 0 unspecified atom stereocenters. The lowest BCUT2D eigenvalue weighted by Gasteiger charge is -2.38. The fourth-order valence-electron chi connectivity index (χ4n) is 4.47. The number of carbonyl (C=O) groups excluding carboxylic acids is 1. The molecule has 0 atom stereocenters. The molecule has 1 amide bonds. The van der Waals surface area contributed by atoms with Crippen molar-refractivity contribution < 1.29 is 9.90 Å². The number of allylic oxidation sites excluding steroid dienone is 1. The van der Waals surface area contributed by atoms with Crippen molar-refractivity contribution in [1.29, 1.82) is 0 Å². The van der Waals surface area contributed by atoms with Crippen LogP contribution in [-0.4, -0.2) is 29.0 Å². The van der Waals surface area contributed by atoms with E-state index in [1.807, 2.05) is 53.4 Å². The molecule has 0 bridgehead atoms. The van der Waals surface area contributed by atoms with Crippen LogP contribution in [-0.2, 0) is 16.8 Å². The van der Waals surface area contributed by atoms with Crippen molar-refractivity contribution >= 4 is 11.5 Å². The van der Waals surface area contributed by atoms with Crippen molar-refractivity contribution in [2.75, 3.05) is 13.1 Å². The second-order valence-electron chi connectivity index (χ2n) is 8.75. The average molecular weight is 426 g/mol. The molecule has 1 aliphatic rings. The highest BCUT2D eigenvalue weighted by atomic mass is 16.3. The molecule has 0 saturated carbocycles. The Morgan fingerprint density at radius 1 is 0.938 bits per heavy atom. The number of hydrogen-bond donors (Lipinski definition) is 1. The summed E-state index contributed by atoms with van der Waals surface area (Å²) in [4.78, 5) is 15.0. The van der Waals surface area contributed by atoms with Gasteiger partial charge >= 0.3 is 0 Å². The third kappa shape index (κ3) is 5.35. The molecule has 0 spiro atoms. The van der Waals surface area contributed by atoms with Gasteiger partial charge in [-0.3, -0.25) is 4.79 Å². The van der Waals surface area contributed by atoms with Crippen LogP contribution < -0.4 is 0 Å². The Balaban J connectivity index is 1.47. The molecule has 1 saturated heterocycles. The summed E-state index contributed by atoms with van der Waals surface area (Å²) < 4.78 is 0. The minimum absolute atomic E-state index is 0.0307. The first-order valence-corrected chi connectivity index (χ1v) is 11.4. The van der Waals surface area contributed by atoms with Crippen molar-refractivity contribution in [3.8, 4) is 0 Å². The number of amides is 1. The van der Waals surface area contributed by atoms with Crippen LogP contribution in [0.1, 0.15) is 41.5 Å². The minimum atomic E-state index is -0.852. The molecule has 3 heteroatoms. The van der Waals surface area contributed by atoms with E-state index in [9.17, 15) is 9.90 Å². The van der Waals surface area contributed by atoms with Gasteiger partial charge in [0.2, 0.25) is 5.91 Å². The van der Waals surface area contributed by atoms with Gasteiger partial charge < -0.3 is 10.0 Å². The van der Waals surface area contributed by atoms with Gasteiger partial charge in [0.15, 0.2) is 0 Å². The fraction of sp³-hybridized carbons (Fsp3) is 0.276. The van der Waals surface area contributed by atoms with Gasteiger partial charge in [-0.25, -0.2) is 0 Å². The zero-order valence-corrected chi connectivity index (χ0v) is 18.7. The van der Waals surface area contributed by atoms with Crippen LogP contribution in [0.3, 0.4) is 0 Å². The maximum absolute atomic E-state index is 13.2. The third-order valence-corrected chi connectivity index (χ3v) is 6.42. The molecular formula is C29H31NO2. The van der Waals surface area contributed by atoms with Crippen molar-refractivity contribution in [2.24, 2.45) is 0 Å². The molecule has 0 radical (unpaired) electrons. The van der Waals surface area contributed by atoms with Gasteiger partial charge in [0, 0.05) is 19.2 Å². The summed E-state index contributed by atoms with van der Waals surface area (Å²) >= 11 is 0. The quantitative estimate of drug-likeness (QED) is 0.528. The van der Waals surface area contributed by atoms with Gasteiger partial charge in [0.05, 0.1) is 5.60 Å². The molecule has 1 fully saturated rings. The highest BCUT2D eigenvalue weighted by molar-refractivity contribution is 5.95. The number of piperidine rings is 1. The van der Waals surface area contributed by atoms with E-state index in [1.54, 1.807) is 6.08 Å². The Labute approximate surface area is 191 Å². The predicted octanol–water partition coefficient (Wildman–Crippen LogP) is 5.52. The lowest BCUT2D eigenvalue weighted by atomic mass is 9.84. The lowest BCUT2D eigenvalue weighted by molar-refractivity contribution is -0.130. The number of benzene rings is 3. The predicted molar refractivity (Wildman–Crippen MR) is 130 cm³/mol. The van der Waals surface area contributed by atoms with E-state index >= 15 is 0 Å². The van der Waals surface area contributed by atoms with Crippen LogP contribution in [0.2, 0.25) is 0 Å². The summed E-state index contributed by atoms with van der Waals surface area (Å²) in [6.07, 6.45) is 4.61. The van der Waals surface area contributed by atoms with E-state index in [2.05, 4.69) is 43.3 Å². The van der Waals surface area contributed by atoms with Crippen LogP contribution in [0.4, 0.5) is 0 Å². The number of likely N-dealkylation sites (tertiary alicyclic amines) is 1. The highest BCUT2D eigenvalue weighted by Gasteiger charge is 2.34. The largest absolute Gasteiger partial charge is 0.385 e. The Bertz CT molecular complexity index is 1060.